The zero-order valence-electron chi connectivity index (χ0n) is 13.9. The predicted octanol–water partition coefficient (Wildman–Crippen LogP) is 2.15. The van der Waals surface area contributed by atoms with Crippen LogP contribution in [0.15, 0.2) is 18.2 Å². The van der Waals surface area contributed by atoms with Crippen molar-refractivity contribution in [1.29, 1.82) is 0 Å². The van der Waals surface area contributed by atoms with Gasteiger partial charge in [0.1, 0.15) is 11.5 Å². The average Bonchev–Trinajstić information content (AvgIpc) is 2.89. The topological polar surface area (TPSA) is 89.5 Å². The molecule has 0 unspecified atom stereocenters. The molecule has 8 heteroatoms. The fraction of sp³-hybridized carbons (Fsp3) is 0.312. The van der Waals surface area contributed by atoms with Crippen molar-refractivity contribution < 1.29 is 19.1 Å². The molecule has 1 aromatic heterocycles. The van der Waals surface area contributed by atoms with E-state index in [1.165, 1.54) is 25.6 Å². The Bertz CT molecular complexity index is 716. The molecule has 0 atom stereocenters. The Morgan fingerprint density at radius 2 is 1.75 bits per heavy atom. The van der Waals surface area contributed by atoms with Gasteiger partial charge in [-0.1, -0.05) is 0 Å². The normalized spacial score (nSPS) is 10.2. The second-order valence-electron chi connectivity index (χ2n) is 4.99. The van der Waals surface area contributed by atoms with Gasteiger partial charge in [0.15, 0.2) is 5.13 Å². The van der Waals surface area contributed by atoms with Gasteiger partial charge in [0, 0.05) is 16.5 Å². The highest BCUT2D eigenvalue weighted by atomic mass is 32.1. The van der Waals surface area contributed by atoms with Crippen LogP contribution in [0.4, 0.5) is 5.13 Å². The number of thiazole rings is 1. The molecule has 0 fully saturated rings. The molecule has 0 saturated heterocycles. The van der Waals surface area contributed by atoms with Gasteiger partial charge >= 0.3 is 0 Å². The van der Waals surface area contributed by atoms with Gasteiger partial charge in [0.2, 0.25) is 5.91 Å². The standard InChI is InChI=1S/C16H19N3O4S/c1-9-10(2)24-16(18-9)19-14(20)8-17-15(21)11-5-12(22-3)7-13(6-11)23-4/h5-7H,8H2,1-4H3,(H,17,21)(H,18,19,20). The molecule has 0 bridgehead atoms. The van der Waals surface area contributed by atoms with Crippen molar-refractivity contribution in [2.75, 3.05) is 26.1 Å². The highest BCUT2D eigenvalue weighted by Crippen LogP contribution is 2.22. The molecule has 1 aromatic carbocycles. The molecule has 0 aliphatic rings. The highest BCUT2D eigenvalue weighted by molar-refractivity contribution is 7.15. The van der Waals surface area contributed by atoms with E-state index in [2.05, 4.69) is 15.6 Å². The summed E-state index contributed by atoms with van der Waals surface area (Å²) in [4.78, 5) is 29.3. The van der Waals surface area contributed by atoms with Crippen LogP contribution in [0.2, 0.25) is 0 Å². The lowest BCUT2D eigenvalue weighted by atomic mass is 10.2. The number of hydrogen-bond donors (Lipinski definition) is 2. The number of rotatable bonds is 6. The molecule has 0 aliphatic heterocycles. The summed E-state index contributed by atoms with van der Waals surface area (Å²) in [5, 5.41) is 5.74. The lowest BCUT2D eigenvalue weighted by Gasteiger charge is -2.09. The first-order chi connectivity index (χ1) is 11.4. The third kappa shape index (κ3) is 4.45. The molecular weight excluding hydrogens is 330 g/mol. The average molecular weight is 349 g/mol. The number of carbonyl (C=O) groups is 2. The van der Waals surface area contributed by atoms with E-state index in [4.69, 9.17) is 9.47 Å². The lowest BCUT2D eigenvalue weighted by Crippen LogP contribution is -2.32. The molecule has 0 saturated carbocycles. The molecule has 2 amide bonds. The van der Waals surface area contributed by atoms with Gasteiger partial charge in [-0.3, -0.25) is 9.59 Å². The summed E-state index contributed by atoms with van der Waals surface area (Å²) in [6.45, 7) is 3.65. The number of nitrogens with one attached hydrogen (secondary N) is 2. The maximum atomic E-state index is 12.2. The Morgan fingerprint density at radius 3 is 2.25 bits per heavy atom. The minimum absolute atomic E-state index is 0.157. The lowest BCUT2D eigenvalue weighted by molar-refractivity contribution is -0.115. The van der Waals surface area contributed by atoms with E-state index in [0.29, 0.717) is 22.2 Å². The third-order valence-corrected chi connectivity index (χ3v) is 4.29. The quantitative estimate of drug-likeness (QED) is 0.834. The van der Waals surface area contributed by atoms with E-state index in [0.717, 1.165) is 10.6 Å². The van der Waals surface area contributed by atoms with Crippen LogP contribution in [-0.4, -0.2) is 37.6 Å². The summed E-state index contributed by atoms with van der Waals surface area (Å²) in [7, 11) is 3.00. The molecule has 1 heterocycles. The number of hydrogen-bond acceptors (Lipinski definition) is 6. The number of anilines is 1. The first kappa shape index (κ1) is 17.7. The molecule has 0 spiro atoms. The van der Waals surface area contributed by atoms with Crippen LogP contribution in [0, 0.1) is 13.8 Å². The van der Waals surface area contributed by atoms with Crippen LogP contribution < -0.4 is 20.1 Å². The number of benzene rings is 1. The van der Waals surface area contributed by atoms with Gasteiger partial charge in [-0.25, -0.2) is 4.98 Å². The monoisotopic (exact) mass is 349 g/mol. The molecule has 2 N–H and O–H groups in total. The molecule has 2 aromatic rings. The van der Waals surface area contributed by atoms with E-state index in [-0.39, 0.29) is 12.5 Å². The molecule has 0 radical (unpaired) electrons. The molecule has 7 nitrogen and oxygen atoms in total. The predicted molar refractivity (Wildman–Crippen MR) is 92.1 cm³/mol. The van der Waals surface area contributed by atoms with Crippen molar-refractivity contribution in [3.63, 3.8) is 0 Å². The van der Waals surface area contributed by atoms with Crippen LogP contribution in [0.1, 0.15) is 20.9 Å². The van der Waals surface area contributed by atoms with Crippen LogP contribution in [0.5, 0.6) is 11.5 Å². The van der Waals surface area contributed by atoms with Crippen molar-refractivity contribution in [3.8, 4) is 11.5 Å². The Morgan fingerprint density at radius 1 is 1.12 bits per heavy atom. The van der Waals surface area contributed by atoms with Gasteiger partial charge in [-0.15, -0.1) is 11.3 Å². The summed E-state index contributed by atoms with van der Waals surface area (Å²) in [6.07, 6.45) is 0. The van der Waals surface area contributed by atoms with Crippen molar-refractivity contribution in [2.24, 2.45) is 0 Å². The van der Waals surface area contributed by atoms with E-state index in [1.807, 2.05) is 13.8 Å². The number of aromatic nitrogens is 1. The minimum atomic E-state index is -0.395. The zero-order valence-corrected chi connectivity index (χ0v) is 14.7. The number of carbonyl (C=O) groups excluding carboxylic acids is 2. The summed E-state index contributed by atoms with van der Waals surface area (Å²) in [5.41, 5.74) is 1.22. The van der Waals surface area contributed by atoms with Crippen molar-refractivity contribution in [3.05, 3.63) is 34.3 Å². The smallest absolute Gasteiger partial charge is 0.251 e. The first-order valence-electron chi connectivity index (χ1n) is 7.18. The Balaban J connectivity index is 1.96. The molecule has 0 aliphatic carbocycles. The maximum absolute atomic E-state index is 12.2. The van der Waals surface area contributed by atoms with Gasteiger partial charge in [0.05, 0.1) is 26.5 Å². The number of ether oxygens (including phenoxy) is 2. The largest absolute Gasteiger partial charge is 0.497 e. The van der Waals surface area contributed by atoms with E-state index < -0.39 is 5.91 Å². The van der Waals surface area contributed by atoms with Crippen LogP contribution in [0.25, 0.3) is 0 Å². The van der Waals surface area contributed by atoms with Crippen LogP contribution in [0.3, 0.4) is 0 Å². The zero-order chi connectivity index (χ0) is 17.7. The van der Waals surface area contributed by atoms with Crippen LogP contribution in [-0.2, 0) is 4.79 Å². The number of amides is 2. The second-order valence-corrected chi connectivity index (χ2v) is 6.20. The Kier molecular flexibility index (Phi) is 5.75. The summed E-state index contributed by atoms with van der Waals surface area (Å²) in [6, 6.07) is 4.81. The summed E-state index contributed by atoms with van der Waals surface area (Å²) >= 11 is 1.39. The number of aryl methyl sites for hydroxylation is 2. The van der Waals surface area contributed by atoms with Gasteiger partial charge in [-0.2, -0.15) is 0 Å². The van der Waals surface area contributed by atoms with Gasteiger partial charge in [0.25, 0.3) is 5.91 Å². The molecular formula is C16H19N3O4S. The van der Waals surface area contributed by atoms with Crippen LogP contribution >= 0.6 is 11.3 Å². The van der Waals surface area contributed by atoms with Gasteiger partial charge < -0.3 is 20.1 Å². The van der Waals surface area contributed by atoms with Crippen molar-refractivity contribution in [2.45, 2.75) is 13.8 Å². The number of methoxy groups -OCH3 is 2. The molecule has 2 rings (SSSR count). The fourth-order valence-corrected chi connectivity index (χ4v) is 2.72. The minimum Gasteiger partial charge on any atom is -0.497 e. The number of nitrogens with zero attached hydrogens (tertiary/aromatic N) is 1. The summed E-state index contributed by atoms with van der Waals surface area (Å²) < 4.78 is 10.2. The van der Waals surface area contributed by atoms with Gasteiger partial charge in [-0.05, 0) is 26.0 Å². The van der Waals surface area contributed by atoms with Crippen molar-refractivity contribution >= 4 is 28.3 Å². The first-order valence-corrected chi connectivity index (χ1v) is 7.99. The van der Waals surface area contributed by atoms with E-state index in [9.17, 15) is 9.59 Å². The SMILES string of the molecule is COc1cc(OC)cc(C(=O)NCC(=O)Nc2nc(C)c(C)s2)c1. The maximum Gasteiger partial charge on any atom is 0.251 e. The molecule has 24 heavy (non-hydrogen) atoms. The third-order valence-electron chi connectivity index (χ3n) is 3.30. The summed E-state index contributed by atoms with van der Waals surface area (Å²) in [5.74, 6) is 0.260. The van der Waals surface area contributed by atoms with E-state index in [1.54, 1.807) is 18.2 Å². The van der Waals surface area contributed by atoms with Crippen molar-refractivity contribution in [1.82, 2.24) is 10.3 Å². The highest BCUT2D eigenvalue weighted by Gasteiger charge is 2.12. The molecule has 128 valence electrons. The van der Waals surface area contributed by atoms with E-state index >= 15 is 0 Å². The Hall–Kier alpha value is -2.61. The fourth-order valence-electron chi connectivity index (χ4n) is 1.89. The second kappa shape index (κ2) is 7.78. The Labute approximate surface area is 144 Å².